The maximum Gasteiger partial charge on any atom is 0.230 e. The van der Waals surface area contributed by atoms with Gasteiger partial charge in [-0.05, 0) is 12.8 Å². The zero-order valence-corrected chi connectivity index (χ0v) is 9.13. The smallest absolute Gasteiger partial charge is 0.211 e. The Bertz CT molecular complexity index is 279. The first-order valence-electron chi connectivity index (χ1n) is 4.35. The van der Waals surface area contributed by atoms with Crippen LogP contribution >= 0.6 is 0 Å². The summed E-state index contributed by atoms with van der Waals surface area (Å²) in [5, 5.41) is 7.72. The van der Waals surface area contributed by atoms with E-state index in [1.807, 2.05) is 6.92 Å². The average molecular weight is 204 g/mol. The van der Waals surface area contributed by atoms with E-state index in [4.69, 9.17) is 5.26 Å². The first-order valence-corrected chi connectivity index (χ1v) is 5.85. The molecule has 5 heteroatoms. The third-order valence-electron chi connectivity index (χ3n) is 1.85. The lowest BCUT2D eigenvalue weighted by Crippen LogP contribution is -2.35. The minimum absolute atomic E-state index is 0.340. The van der Waals surface area contributed by atoms with Crippen molar-refractivity contribution >= 4 is 10.0 Å². The highest BCUT2D eigenvalue weighted by molar-refractivity contribution is 7.89. The summed E-state index contributed by atoms with van der Waals surface area (Å²) in [4.78, 5) is 0. The topological polar surface area (TPSA) is 61.2 Å². The van der Waals surface area contributed by atoms with Gasteiger partial charge in [0.2, 0.25) is 10.0 Å². The molecule has 0 radical (unpaired) electrons. The molecule has 0 spiro atoms. The second-order valence-electron chi connectivity index (χ2n) is 2.89. The van der Waals surface area contributed by atoms with E-state index in [2.05, 4.69) is 0 Å². The number of nitriles is 1. The number of nitrogens with zero attached hydrogens (tertiary/aromatic N) is 2. The molecule has 13 heavy (non-hydrogen) atoms. The van der Waals surface area contributed by atoms with Crippen LogP contribution in [0, 0.1) is 11.3 Å². The van der Waals surface area contributed by atoms with Crippen LogP contribution in [0.15, 0.2) is 0 Å². The Hall–Kier alpha value is -0.600. The minimum atomic E-state index is -3.39. The lowest BCUT2D eigenvalue weighted by Gasteiger charge is -2.18. The van der Waals surface area contributed by atoms with Crippen molar-refractivity contribution in [1.29, 1.82) is 5.26 Å². The van der Waals surface area contributed by atoms with Gasteiger partial charge in [-0.1, -0.05) is 13.8 Å². The van der Waals surface area contributed by atoms with Gasteiger partial charge in [-0.2, -0.15) is 5.26 Å². The van der Waals surface area contributed by atoms with Crippen molar-refractivity contribution in [2.45, 2.75) is 31.9 Å². The zero-order valence-electron chi connectivity index (χ0n) is 8.32. The van der Waals surface area contributed by atoms with Crippen LogP contribution in [0.5, 0.6) is 0 Å². The lowest BCUT2D eigenvalue weighted by atomic mass is 10.4. The fourth-order valence-electron chi connectivity index (χ4n) is 1.03. The van der Waals surface area contributed by atoms with Crippen LogP contribution in [0.1, 0.15) is 26.7 Å². The highest BCUT2D eigenvalue weighted by Crippen LogP contribution is 2.09. The fourth-order valence-corrected chi connectivity index (χ4v) is 2.45. The molecule has 0 aliphatic heterocycles. The van der Waals surface area contributed by atoms with E-state index >= 15 is 0 Å². The number of hydrogen-bond donors (Lipinski definition) is 0. The zero-order chi connectivity index (χ0) is 10.5. The van der Waals surface area contributed by atoms with Gasteiger partial charge in [0.25, 0.3) is 0 Å². The summed E-state index contributed by atoms with van der Waals surface area (Å²) in [5.74, 6) is 0. The molecule has 76 valence electrons. The molecule has 0 aromatic heterocycles. The number of sulfonamides is 1. The van der Waals surface area contributed by atoms with E-state index in [0.29, 0.717) is 13.0 Å². The van der Waals surface area contributed by atoms with Gasteiger partial charge in [-0.15, -0.1) is 0 Å². The predicted octanol–water partition coefficient (Wildman–Crippen LogP) is 0.960. The Morgan fingerprint density at radius 3 is 2.31 bits per heavy atom. The molecular weight excluding hydrogens is 188 g/mol. The Balaban J connectivity index is 4.66. The van der Waals surface area contributed by atoms with Crippen molar-refractivity contribution in [3.8, 4) is 6.07 Å². The minimum Gasteiger partial charge on any atom is -0.211 e. The molecule has 1 atom stereocenters. The van der Waals surface area contributed by atoms with Crippen LogP contribution < -0.4 is 0 Å². The van der Waals surface area contributed by atoms with Crippen molar-refractivity contribution in [2.75, 3.05) is 13.6 Å². The molecule has 0 amide bonds. The molecule has 4 nitrogen and oxygen atoms in total. The van der Waals surface area contributed by atoms with Crippen LogP contribution in [0.25, 0.3) is 0 Å². The normalized spacial score (nSPS) is 14.1. The maximum absolute atomic E-state index is 11.6. The predicted molar refractivity (Wildman–Crippen MR) is 51.5 cm³/mol. The summed E-state index contributed by atoms with van der Waals surface area (Å²) >= 11 is 0. The van der Waals surface area contributed by atoms with E-state index < -0.39 is 15.3 Å². The van der Waals surface area contributed by atoms with E-state index in [0.717, 1.165) is 6.42 Å². The van der Waals surface area contributed by atoms with Crippen molar-refractivity contribution in [1.82, 2.24) is 4.31 Å². The molecule has 1 unspecified atom stereocenters. The van der Waals surface area contributed by atoms with Gasteiger partial charge >= 0.3 is 0 Å². The Kier molecular flexibility index (Phi) is 4.96. The van der Waals surface area contributed by atoms with Crippen molar-refractivity contribution < 1.29 is 8.42 Å². The molecule has 0 aliphatic rings. The van der Waals surface area contributed by atoms with E-state index in [9.17, 15) is 8.42 Å². The van der Waals surface area contributed by atoms with Crippen LogP contribution in [0.2, 0.25) is 0 Å². The molecule has 0 N–H and O–H groups in total. The molecule has 0 aliphatic carbocycles. The quantitative estimate of drug-likeness (QED) is 0.670. The van der Waals surface area contributed by atoms with Gasteiger partial charge in [-0.3, -0.25) is 0 Å². The first kappa shape index (κ1) is 12.4. The van der Waals surface area contributed by atoms with Crippen molar-refractivity contribution in [3.05, 3.63) is 0 Å². The van der Waals surface area contributed by atoms with Gasteiger partial charge < -0.3 is 0 Å². The Morgan fingerprint density at radius 2 is 2.00 bits per heavy atom. The SMILES string of the molecule is CCCN(C)S(=O)(=O)C(C#N)CC. The average Bonchev–Trinajstić information content (AvgIpc) is 2.06. The summed E-state index contributed by atoms with van der Waals surface area (Å²) < 4.78 is 24.4. The largest absolute Gasteiger partial charge is 0.230 e. The van der Waals surface area contributed by atoms with Crippen LogP contribution in [-0.4, -0.2) is 31.6 Å². The summed E-state index contributed by atoms with van der Waals surface area (Å²) in [6.07, 6.45) is 1.10. The number of rotatable bonds is 5. The molecule has 0 heterocycles. The van der Waals surface area contributed by atoms with Crippen LogP contribution in [0.3, 0.4) is 0 Å². The fraction of sp³-hybridized carbons (Fsp3) is 0.875. The highest BCUT2D eigenvalue weighted by Gasteiger charge is 2.27. The van der Waals surface area contributed by atoms with Gasteiger partial charge in [0.15, 0.2) is 5.25 Å². The number of hydrogen-bond acceptors (Lipinski definition) is 3. The van der Waals surface area contributed by atoms with E-state index in [-0.39, 0.29) is 0 Å². The van der Waals surface area contributed by atoms with Crippen molar-refractivity contribution in [3.63, 3.8) is 0 Å². The monoisotopic (exact) mass is 204 g/mol. The molecular formula is C8H16N2O2S. The van der Waals surface area contributed by atoms with Gasteiger partial charge in [0, 0.05) is 13.6 Å². The Labute approximate surface area is 80.2 Å². The molecule has 0 aromatic rings. The third kappa shape index (κ3) is 2.98. The van der Waals surface area contributed by atoms with Crippen molar-refractivity contribution in [2.24, 2.45) is 0 Å². The molecule has 0 fully saturated rings. The standard InChI is InChI=1S/C8H16N2O2S/c1-4-6-10(3)13(11,12)8(5-2)7-9/h8H,4-6H2,1-3H3. The maximum atomic E-state index is 11.6. The third-order valence-corrected chi connectivity index (χ3v) is 4.06. The van der Waals surface area contributed by atoms with Gasteiger partial charge in [0.05, 0.1) is 6.07 Å². The van der Waals surface area contributed by atoms with Crippen LogP contribution in [-0.2, 0) is 10.0 Å². The summed E-state index contributed by atoms with van der Waals surface area (Å²) in [5.41, 5.74) is 0. The second-order valence-corrected chi connectivity index (χ2v) is 5.11. The highest BCUT2D eigenvalue weighted by atomic mass is 32.2. The lowest BCUT2D eigenvalue weighted by molar-refractivity contribution is 0.462. The van der Waals surface area contributed by atoms with Gasteiger partial charge in [-0.25, -0.2) is 12.7 Å². The molecule has 0 saturated carbocycles. The molecule has 0 aromatic carbocycles. The molecule has 0 bridgehead atoms. The second kappa shape index (κ2) is 5.20. The van der Waals surface area contributed by atoms with Crippen LogP contribution in [0.4, 0.5) is 0 Å². The summed E-state index contributed by atoms with van der Waals surface area (Å²) in [6.45, 7) is 4.07. The first-order chi connectivity index (χ1) is 6.00. The van der Waals surface area contributed by atoms with E-state index in [1.165, 1.54) is 11.4 Å². The molecule has 0 saturated heterocycles. The van der Waals surface area contributed by atoms with Gasteiger partial charge in [0.1, 0.15) is 0 Å². The Morgan fingerprint density at radius 1 is 1.46 bits per heavy atom. The van der Waals surface area contributed by atoms with E-state index in [1.54, 1.807) is 13.0 Å². The molecule has 0 rings (SSSR count). The summed E-state index contributed by atoms with van der Waals surface area (Å²) in [7, 11) is -1.88. The summed E-state index contributed by atoms with van der Waals surface area (Å²) in [6, 6.07) is 1.80.